The summed E-state index contributed by atoms with van der Waals surface area (Å²) in [6.07, 6.45) is 2.63. The van der Waals surface area contributed by atoms with E-state index in [4.69, 9.17) is 5.11 Å². The fourth-order valence-electron chi connectivity index (χ4n) is 1.63. The highest BCUT2D eigenvalue weighted by Gasteiger charge is 2.18. The van der Waals surface area contributed by atoms with Gasteiger partial charge in [0, 0.05) is 12.5 Å². The predicted octanol–water partition coefficient (Wildman–Crippen LogP) is 1.77. The van der Waals surface area contributed by atoms with Crippen LogP contribution in [0.3, 0.4) is 0 Å². The molecule has 5 nitrogen and oxygen atoms in total. The molecule has 0 aliphatic heterocycles. The van der Waals surface area contributed by atoms with Crippen molar-refractivity contribution in [1.82, 2.24) is 10.6 Å². The van der Waals surface area contributed by atoms with Gasteiger partial charge in [-0.15, -0.1) is 0 Å². The van der Waals surface area contributed by atoms with Crippen molar-refractivity contribution in [2.24, 2.45) is 5.41 Å². The van der Waals surface area contributed by atoms with Crippen molar-refractivity contribution in [2.75, 3.05) is 13.1 Å². The first kappa shape index (κ1) is 17.9. The number of aliphatic carboxylic acids is 1. The molecule has 0 rings (SSSR count). The van der Waals surface area contributed by atoms with Gasteiger partial charge in [0.25, 0.3) is 0 Å². The number of carbonyl (C=O) groups is 2. The van der Waals surface area contributed by atoms with Crippen LogP contribution in [-0.4, -0.2) is 36.1 Å². The van der Waals surface area contributed by atoms with Crippen molar-refractivity contribution < 1.29 is 14.7 Å². The smallest absolute Gasteiger partial charge is 0.303 e. The zero-order valence-corrected chi connectivity index (χ0v) is 12.6. The molecular weight excluding hydrogens is 244 g/mol. The minimum Gasteiger partial charge on any atom is -0.481 e. The summed E-state index contributed by atoms with van der Waals surface area (Å²) in [5.74, 6) is -0.744. The van der Waals surface area contributed by atoms with Gasteiger partial charge >= 0.3 is 5.97 Å². The molecule has 0 bridgehead atoms. The summed E-state index contributed by atoms with van der Waals surface area (Å²) in [5.41, 5.74) is -0.0153. The van der Waals surface area contributed by atoms with Crippen molar-refractivity contribution in [3.8, 4) is 0 Å². The van der Waals surface area contributed by atoms with E-state index in [1.54, 1.807) is 0 Å². The maximum Gasteiger partial charge on any atom is 0.303 e. The van der Waals surface area contributed by atoms with Crippen molar-refractivity contribution in [3.63, 3.8) is 0 Å². The molecule has 0 fully saturated rings. The lowest BCUT2D eigenvalue weighted by Crippen LogP contribution is -2.39. The number of nitrogens with one attached hydrogen (secondary N) is 2. The van der Waals surface area contributed by atoms with Crippen molar-refractivity contribution in [2.45, 2.75) is 59.4 Å². The molecule has 1 atom stereocenters. The SMILES string of the molecule is CCC(C)NC(=O)CNCCC(C)(C)CCC(=O)O. The van der Waals surface area contributed by atoms with E-state index in [9.17, 15) is 9.59 Å². The second kappa shape index (κ2) is 8.91. The van der Waals surface area contributed by atoms with Gasteiger partial charge in [0.05, 0.1) is 6.54 Å². The number of hydrogen-bond acceptors (Lipinski definition) is 3. The number of carbonyl (C=O) groups excluding carboxylic acids is 1. The van der Waals surface area contributed by atoms with E-state index in [0.29, 0.717) is 13.0 Å². The van der Waals surface area contributed by atoms with Gasteiger partial charge < -0.3 is 15.7 Å². The Balaban J connectivity index is 3.72. The van der Waals surface area contributed by atoms with Gasteiger partial charge in [0.2, 0.25) is 5.91 Å². The Morgan fingerprint density at radius 1 is 1.26 bits per heavy atom. The molecule has 0 radical (unpaired) electrons. The molecule has 0 saturated carbocycles. The van der Waals surface area contributed by atoms with Gasteiger partial charge in [-0.25, -0.2) is 0 Å². The quantitative estimate of drug-likeness (QED) is 0.530. The van der Waals surface area contributed by atoms with E-state index in [0.717, 1.165) is 19.4 Å². The molecule has 0 aliphatic carbocycles. The van der Waals surface area contributed by atoms with Gasteiger partial charge in [-0.1, -0.05) is 20.8 Å². The highest BCUT2D eigenvalue weighted by molar-refractivity contribution is 5.78. The maximum absolute atomic E-state index is 11.5. The van der Waals surface area contributed by atoms with Crippen molar-refractivity contribution >= 4 is 11.9 Å². The summed E-state index contributed by atoms with van der Waals surface area (Å²) in [4.78, 5) is 22.0. The molecule has 0 aliphatic rings. The van der Waals surface area contributed by atoms with Crippen molar-refractivity contribution in [3.05, 3.63) is 0 Å². The molecule has 5 heteroatoms. The first-order valence-corrected chi connectivity index (χ1v) is 6.98. The van der Waals surface area contributed by atoms with Gasteiger partial charge in [-0.2, -0.15) is 0 Å². The second-order valence-corrected chi connectivity index (χ2v) is 5.86. The molecule has 112 valence electrons. The minimum atomic E-state index is -0.756. The van der Waals surface area contributed by atoms with Crippen LogP contribution in [0.5, 0.6) is 0 Å². The van der Waals surface area contributed by atoms with Crippen LogP contribution in [0.1, 0.15) is 53.4 Å². The van der Waals surface area contributed by atoms with Crippen LogP contribution in [0.15, 0.2) is 0 Å². The summed E-state index contributed by atoms with van der Waals surface area (Å²) in [6, 6.07) is 0.210. The van der Waals surface area contributed by atoms with E-state index in [1.165, 1.54) is 0 Å². The zero-order chi connectivity index (χ0) is 14.9. The highest BCUT2D eigenvalue weighted by Crippen LogP contribution is 2.25. The zero-order valence-electron chi connectivity index (χ0n) is 12.6. The van der Waals surface area contributed by atoms with Gasteiger partial charge in [0.1, 0.15) is 0 Å². The third kappa shape index (κ3) is 10.5. The van der Waals surface area contributed by atoms with Gasteiger partial charge in [-0.3, -0.25) is 9.59 Å². The number of carboxylic acid groups (broad SMARTS) is 1. The monoisotopic (exact) mass is 272 g/mol. The minimum absolute atomic E-state index is 0.0118. The van der Waals surface area contributed by atoms with Crippen LogP contribution in [0.2, 0.25) is 0 Å². The van der Waals surface area contributed by atoms with Crippen LogP contribution in [0, 0.1) is 5.41 Å². The Labute approximate surface area is 116 Å². The van der Waals surface area contributed by atoms with Crippen LogP contribution in [-0.2, 0) is 9.59 Å². The first-order chi connectivity index (χ1) is 8.76. The molecular formula is C14H28N2O3. The molecule has 19 heavy (non-hydrogen) atoms. The highest BCUT2D eigenvalue weighted by atomic mass is 16.4. The molecule has 0 aromatic carbocycles. The average molecular weight is 272 g/mol. The Hall–Kier alpha value is -1.10. The number of rotatable bonds is 10. The molecule has 3 N–H and O–H groups in total. The summed E-state index contributed by atoms with van der Waals surface area (Å²) >= 11 is 0. The summed E-state index contributed by atoms with van der Waals surface area (Å²) in [5, 5.41) is 14.6. The molecule has 0 aromatic rings. The molecule has 0 saturated heterocycles. The van der Waals surface area contributed by atoms with E-state index in [2.05, 4.69) is 24.5 Å². The Morgan fingerprint density at radius 3 is 2.42 bits per heavy atom. The lowest BCUT2D eigenvalue weighted by molar-refractivity contribution is -0.137. The van der Waals surface area contributed by atoms with Crippen LogP contribution >= 0.6 is 0 Å². The standard InChI is InChI=1S/C14H28N2O3/c1-5-11(2)16-12(17)10-15-9-8-14(3,4)7-6-13(18)19/h11,15H,5-10H2,1-4H3,(H,16,17)(H,18,19). The van der Waals surface area contributed by atoms with Crippen LogP contribution < -0.4 is 10.6 Å². The summed E-state index contributed by atoms with van der Waals surface area (Å²) < 4.78 is 0. The Kier molecular flexibility index (Phi) is 8.39. The topological polar surface area (TPSA) is 78.4 Å². The average Bonchev–Trinajstić information content (AvgIpc) is 2.32. The van der Waals surface area contributed by atoms with Crippen LogP contribution in [0.25, 0.3) is 0 Å². The van der Waals surface area contributed by atoms with Gasteiger partial charge in [0.15, 0.2) is 0 Å². The summed E-state index contributed by atoms with van der Waals surface area (Å²) in [6.45, 7) is 9.16. The maximum atomic E-state index is 11.5. The number of hydrogen-bond donors (Lipinski definition) is 3. The third-order valence-corrected chi connectivity index (χ3v) is 3.30. The normalized spacial score (nSPS) is 13.1. The number of amides is 1. The molecule has 0 aromatic heterocycles. The largest absolute Gasteiger partial charge is 0.481 e. The fraction of sp³-hybridized carbons (Fsp3) is 0.857. The first-order valence-electron chi connectivity index (χ1n) is 6.98. The van der Waals surface area contributed by atoms with E-state index >= 15 is 0 Å². The van der Waals surface area contributed by atoms with E-state index in [-0.39, 0.29) is 23.8 Å². The molecule has 1 amide bonds. The summed E-state index contributed by atoms with van der Waals surface area (Å²) in [7, 11) is 0. The second-order valence-electron chi connectivity index (χ2n) is 5.86. The van der Waals surface area contributed by atoms with Crippen molar-refractivity contribution in [1.29, 1.82) is 0 Å². The molecule has 1 unspecified atom stereocenters. The fourth-order valence-corrected chi connectivity index (χ4v) is 1.63. The number of carboxylic acids is 1. The molecule has 0 heterocycles. The van der Waals surface area contributed by atoms with E-state index < -0.39 is 5.97 Å². The third-order valence-electron chi connectivity index (χ3n) is 3.30. The Bertz CT molecular complexity index is 290. The lowest BCUT2D eigenvalue weighted by atomic mass is 9.84. The Morgan fingerprint density at radius 2 is 1.89 bits per heavy atom. The van der Waals surface area contributed by atoms with E-state index in [1.807, 2.05) is 13.8 Å². The van der Waals surface area contributed by atoms with Crippen LogP contribution in [0.4, 0.5) is 0 Å². The van der Waals surface area contributed by atoms with Gasteiger partial charge in [-0.05, 0) is 38.1 Å². The molecule has 0 spiro atoms. The predicted molar refractivity (Wildman–Crippen MR) is 76.0 cm³/mol. The lowest BCUT2D eigenvalue weighted by Gasteiger charge is -2.23.